The van der Waals surface area contributed by atoms with Crippen LogP contribution in [0.2, 0.25) is 0 Å². The quantitative estimate of drug-likeness (QED) is 0.183. The van der Waals surface area contributed by atoms with E-state index in [0.29, 0.717) is 0 Å². The Kier molecular flexibility index (Phi) is 7.96. The van der Waals surface area contributed by atoms with Gasteiger partial charge in [0.15, 0.2) is 0 Å². The molecule has 0 aliphatic carbocycles. The fraction of sp³-hybridized carbons (Fsp3) is 0. The number of anilines is 5. The topological polar surface area (TPSA) is 15.3 Å². The van der Waals surface area contributed by atoms with Gasteiger partial charge in [-0.25, -0.2) is 0 Å². The zero-order valence-corrected chi connectivity index (χ0v) is 26.5. The fourth-order valence-corrected chi connectivity index (χ4v) is 6.29. The Hall–Kier alpha value is -6.38. The third-order valence-electron chi connectivity index (χ3n) is 8.85. The Balaban J connectivity index is 1.05. The van der Waals surface area contributed by atoms with Gasteiger partial charge in [0, 0.05) is 28.4 Å². The Labute approximate surface area is 282 Å². The molecule has 2 nitrogen and oxygen atoms in total. The van der Waals surface area contributed by atoms with Crippen LogP contribution in [-0.4, -0.2) is 0 Å². The van der Waals surface area contributed by atoms with E-state index in [1.807, 2.05) is 6.07 Å². The highest BCUT2D eigenvalue weighted by molar-refractivity contribution is 5.89. The molecule has 48 heavy (non-hydrogen) atoms. The van der Waals surface area contributed by atoms with Gasteiger partial charge in [-0.3, -0.25) is 0 Å². The SMILES string of the molecule is c1ccc(-c2ccc(Nc3ccc(-c4ccc(N(c5ccc(-c6ccccc6)cc5)c5ccc6ccccc6c5)cc4)cc3)cc2)cc1. The van der Waals surface area contributed by atoms with Crippen molar-refractivity contribution in [1.82, 2.24) is 0 Å². The second-order valence-corrected chi connectivity index (χ2v) is 12.0. The van der Waals surface area contributed by atoms with Gasteiger partial charge < -0.3 is 10.2 Å². The van der Waals surface area contributed by atoms with E-state index in [0.717, 1.165) is 28.4 Å². The summed E-state index contributed by atoms with van der Waals surface area (Å²) in [5.74, 6) is 0. The van der Waals surface area contributed by atoms with Crippen molar-refractivity contribution in [3.8, 4) is 33.4 Å². The molecule has 0 amide bonds. The predicted molar refractivity (Wildman–Crippen MR) is 205 cm³/mol. The molecule has 8 aromatic rings. The van der Waals surface area contributed by atoms with Gasteiger partial charge in [-0.15, -0.1) is 0 Å². The molecule has 0 heterocycles. The van der Waals surface area contributed by atoms with E-state index in [4.69, 9.17) is 0 Å². The molecular formula is C46H34N2. The Morgan fingerprint density at radius 3 is 1.08 bits per heavy atom. The molecule has 8 aromatic carbocycles. The molecule has 0 fully saturated rings. The van der Waals surface area contributed by atoms with E-state index < -0.39 is 0 Å². The van der Waals surface area contributed by atoms with E-state index in [9.17, 15) is 0 Å². The average Bonchev–Trinajstić information content (AvgIpc) is 3.17. The van der Waals surface area contributed by atoms with Gasteiger partial charge in [0.25, 0.3) is 0 Å². The van der Waals surface area contributed by atoms with Crippen molar-refractivity contribution in [1.29, 1.82) is 0 Å². The fourth-order valence-electron chi connectivity index (χ4n) is 6.29. The van der Waals surface area contributed by atoms with Gasteiger partial charge in [0.05, 0.1) is 0 Å². The summed E-state index contributed by atoms with van der Waals surface area (Å²) >= 11 is 0. The molecule has 0 saturated carbocycles. The summed E-state index contributed by atoms with van der Waals surface area (Å²) < 4.78 is 0. The molecule has 1 N–H and O–H groups in total. The third-order valence-corrected chi connectivity index (χ3v) is 8.85. The zero-order chi connectivity index (χ0) is 32.1. The maximum atomic E-state index is 3.54. The first kappa shape index (κ1) is 29.1. The monoisotopic (exact) mass is 614 g/mol. The molecule has 0 aromatic heterocycles. The molecule has 228 valence electrons. The summed E-state index contributed by atoms with van der Waals surface area (Å²) in [5.41, 5.74) is 12.7. The second kappa shape index (κ2) is 13.2. The Bertz CT molecular complexity index is 2260. The van der Waals surface area contributed by atoms with Crippen LogP contribution in [0.4, 0.5) is 28.4 Å². The lowest BCUT2D eigenvalue weighted by atomic mass is 10.0. The Morgan fingerprint density at radius 2 is 0.625 bits per heavy atom. The molecule has 0 unspecified atom stereocenters. The molecule has 0 spiro atoms. The van der Waals surface area contributed by atoms with E-state index in [2.05, 4.69) is 204 Å². The summed E-state index contributed by atoms with van der Waals surface area (Å²) in [6.07, 6.45) is 0. The van der Waals surface area contributed by atoms with E-state index in [-0.39, 0.29) is 0 Å². The van der Waals surface area contributed by atoms with Crippen molar-refractivity contribution < 1.29 is 0 Å². The summed E-state index contributed by atoms with van der Waals surface area (Å²) in [4.78, 5) is 2.33. The van der Waals surface area contributed by atoms with Crippen molar-refractivity contribution in [3.05, 3.63) is 200 Å². The summed E-state index contributed by atoms with van der Waals surface area (Å²) in [5, 5.41) is 6.00. The first-order chi connectivity index (χ1) is 23.8. The number of hydrogen-bond acceptors (Lipinski definition) is 2. The second-order valence-electron chi connectivity index (χ2n) is 12.0. The lowest BCUT2D eigenvalue weighted by Crippen LogP contribution is -2.09. The molecule has 0 aliphatic heterocycles. The number of nitrogens with one attached hydrogen (secondary N) is 1. The molecule has 0 aliphatic rings. The van der Waals surface area contributed by atoms with Crippen LogP contribution in [-0.2, 0) is 0 Å². The smallest absolute Gasteiger partial charge is 0.0468 e. The third kappa shape index (κ3) is 6.20. The van der Waals surface area contributed by atoms with Gasteiger partial charge >= 0.3 is 0 Å². The van der Waals surface area contributed by atoms with Crippen molar-refractivity contribution in [3.63, 3.8) is 0 Å². The minimum absolute atomic E-state index is 1.06. The number of nitrogens with zero attached hydrogens (tertiary/aromatic N) is 1. The maximum absolute atomic E-state index is 3.54. The number of benzene rings is 8. The normalized spacial score (nSPS) is 10.9. The van der Waals surface area contributed by atoms with Gasteiger partial charge in [-0.1, -0.05) is 140 Å². The molecule has 2 heteroatoms. The van der Waals surface area contributed by atoms with Crippen molar-refractivity contribution >= 4 is 39.2 Å². The van der Waals surface area contributed by atoms with Crippen LogP contribution < -0.4 is 10.2 Å². The summed E-state index contributed by atoms with van der Waals surface area (Å²) in [7, 11) is 0. The maximum Gasteiger partial charge on any atom is 0.0468 e. The van der Waals surface area contributed by atoms with Crippen LogP contribution in [0.25, 0.3) is 44.2 Å². The number of rotatable bonds is 8. The van der Waals surface area contributed by atoms with Crippen LogP contribution in [0.5, 0.6) is 0 Å². The number of fused-ring (bicyclic) bond motifs is 1. The summed E-state index contributed by atoms with van der Waals surface area (Å²) in [6, 6.07) is 71.2. The average molecular weight is 615 g/mol. The minimum atomic E-state index is 1.06. The molecule has 0 atom stereocenters. The zero-order valence-electron chi connectivity index (χ0n) is 26.5. The van der Waals surface area contributed by atoms with Crippen LogP contribution in [0.3, 0.4) is 0 Å². The van der Waals surface area contributed by atoms with Gasteiger partial charge in [0.1, 0.15) is 0 Å². The minimum Gasteiger partial charge on any atom is -0.356 e. The van der Waals surface area contributed by atoms with Crippen LogP contribution in [0.1, 0.15) is 0 Å². The highest BCUT2D eigenvalue weighted by Crippen LogP contribution is 2.38. The largest absolute Gasteiger partial charge is 0.356 e. The highest BCUT2D eigenvalue weighted by atomic mass is 15.1. The first-order valence-electron chi connectivity index (χ1n) is 16.3. The van der Waals surface area contributed by atoms with E-state index in [1.165, 1.54) is 44.2 Å². The predicted octanol–water partition coefficient (Wildman–Crippen LogP) is 13.1. The Morgan fingerprint density at radius 1 is 0.271 bits per heavy atom. The van der Waals surface area contributed by atoms with Crippen molar-refractivity contribution in [2.75, 3.05) is 10.2 Å². The summed E-state index contributed by atoms with van der Waals surface area (Å²) in [6.45, 7) is 0. The van der Waals surface area contributed by atoms with Gasteiger partial charge in [0.2, 0.25) is 0 Å². The van der Waals surface area contributed by atoms with Gasteiger partial charge in [-0.2, -0.15) is 0 Å². The molecule has 0 bridgehead atoms. The lowest BCUT2D eigenvalue weighted by molar-refractivity contribution is 1.29. The standard InChI is InChI=1S/C46H34N2/c1-3-9-34(10-4-1)37-15-24-42(25-16-37)47-43-26-17-38(18-27-43)40-21-30-45(31-22-40)48(46-32-23-36-13-7-8-14-41(36)33-46)44-28-19-39(20-29-44)35-11-5-2-6-12-35/h1-33,47H. The van der Waals surface area contributed by atoms with Crippen molar-refractivity contribution in [2.45, 2.75) is 0 Å². The van der Waals surface area contributed by atoms with Crippen LogP contribution in [0, 0.1) is 0 Å². The van der Waals surface area contributed by atoms with E-state index >= 15 is 0 Å². The highest BCUT2D eigenvalue weighted by Gasteiger charge is 2.14. The molecule has 0 radical (unpaired) electrons. The molecule has 8 rings (SSSR count). The lowest BCUT2D eigenvalue weighted by Gasteiger charge is -2.26. The number of hydrogen-bond donors (Lipinski definition) is 1. The molecular weight excluding hydrogens is 581 g/mol. The van der Waals surface area contributed by atoms with Gasteiger partial charge in [-0.05, 0) is 105 Å². The first-order valence-corrected chi connectivity index (χ1v) is 16.3. The van der Waals surface area contributed by atoms with Crippen molar-refractivity contribution in [2.24, 2.45) is 0 Å². The molecule has 0 saturated heterocycles. The van der Waals surface area contributed by atoms with Crippen LogP contribution in [0.15, 0.2) is 200 Å². The van der Waals surface area contributed by atoms with Crippen LogP contribution >= 0.6 is 0 Å². The van der Waals surface area contributed by atoms with E-state index in [1.54, 1.807) is 0 Å².